The van der Waals surface area contributed by atoms with Gasteiger partial charge in [-0.2, -0.15) is 5.26 Å². The maximum atomic E-state index is 12.8. The molecule has 0 heterocycles. The number of nitrogens with one attached hydrogen (secondary N) is 1. The van der Waals surface area contributed by atoms with Crippen LogP contribution in [0.4, 0.5) is 5.69 Å². The molecule has 0 saturated heterocycles. The van der Waals surface area contributed by atoms with Gasteiger partial charge in [0.25, 0.3) is 5.91 Å². The van der Waals surface area contributed by atoms with Crippen molar-refractivity contribution in [1.82, 2.24) is 0 Å². The molecule has 0 atom stereocenters. The first-order valence-corrected chi connectivity index (χ1v) is 9.53. The second-order valence-electron chi connectivity index (χ2n) is 5.62. The number of anilines is 1. The molecule has 0 radical (unpaired) electrons. The standard InChI is InChI=1S/C21H15BrN2OS/c1-14-12-16(22)10-11-18(14)24-21(25)17-7-3-5-9-20(17)26-19-8-4-2-6-15(19)13-23/h2-12H,1H3,(H,24,25). The van der Waals surface area contributed by atoms with Crippen LogP contribution in [0.5, 0.6) is 0 Å². The number of nitriles is 1. The van der Waals surface area contributed by atoms with Crippen molar-refractivity contribution in [3.8, 4) is 6.07 Å². The van der Waals surface area contributed by atoms with Crippen molar-refractivity contribution in [2.45, 2.75) is 16.7 Å². The van der Waals surface area contributed by atoms with E-state index in [4.69, 9.17) is 0 Å². The smallest absolute Gasteiger partial charge is 0.256 e. The molecule has 0 aliphatic carbocycles. The van der Waals surface area contributed by atoms with Crippen molar-refractivity contribution < 1.29 is 4.79 Å². The van der Waals surface area contributed by atoms with Gasteiger partial charge in [-0.3, -0.25) is 4.79 Å². The van der Waals surface area contributed by atoms with Crippen LogP contribution in [0.25, 0.3) is 0 Å². The number of carbonyl (C=O) groups is 1. The topological polar surface area (TPSA) is 52.9 Å². The van der Waals surface area contributed by atoms with Gasteiger partial charge in [-0.25, -0.2) is 0 Å². The zero-order chi connectivity index (χ0) is 18.5. The minimum Gasteiger partial charge on any atom is -0.322 e. The van der Waals surface area contributed by atoms with Crippen LogP contribution in [0.15, 0.2) is 81.0 Å². The van der Waals surface area contributed by atoms with E-state index in [9.17, 15) is 10.1 Å². The van der Waals surface area contributed by atoms with Crippen LogP contribution in [0.3, 0.4) is 0 Å². The minimum absolute atomic E-state index is 0.173. The summed E-state index contributed by atoms with van der Waals surface area (Å²) in [5.41, 5.74) is 2.92. The summed E-state index contributed by atoms with van der Waals surface area (Å²) >= 11 is 4.85. The van der Waals surface area contributed by atoms with E-state index < -0.39 is 0 Å². The summed E-state index contributed by atoms with van der Waals surface area (Å²) in [5, 5.41) is 12.2. The lowest BCUT2D eigenvalue weighted by Crippen LogP contribution is -2.13. The molecule has 3 aromatic rings. The number of hydrogen-bond acceptors (Lipinski definition) is 3. The number of amides is 1. The lowest BCUT2D eigenvalue weighted by molar-refractivity contribution is 0.102. The van der Waals surface area contributed by atoms with Crippen molar-refractivity contribution in [2.24, 2.45) is 0 Å². The summed E-state index contributed by atoms with van der Waals surface area (Å²) in [6, 6.07) is 22.7. The molecule has 0 saturated carbocycles. The zero-order valence-electron chi connectivity index (χ0n) is 14.0. The van der Waals surface area contributed by atoms with E-state index in [-0.39, 0.29) is 5.91 Å². The number of nitrogens with zero attached hydrogens (tertiary/aromatic N) is 1. The summed E-state index contributed by atoms with van der Waals surface area (Å²) in [4.78, 5) is 14.5. The first-order chi connectivity index (χ1) is 12.6. The summed E-state index contributed by atoms with van der Waals surface area (Å²) in [5.74, 6) is -0.173. The molecule has 0 unspecified atom stereocenters. The molecule has 0 aliphatic heterocycles. The molecule has 0 spiro atoms. The number of carbonyl (C=O) groups excluding carboxylic acids is 1. The number of benzene rings is 3. The average Bonchev–Trinajstić information content (AvgIpc) is 2.65. The van der Waals surface area contributed by atoms with Gasteiger partial charge in [0.15, 0.2) is 0 Å². The molecule has 1 N–H and O–H groups in total. The fourth-order valence-corrected chi connectivity index (χ4v) is 3.97. The van der Waals surface area contributed by atoms with Gasteiger partial charge in [-0.1, -0.05) is 52.0 Å². The first kappa shape index (κ1) is 18.2. The third-order valence-corrected chi connectivity index (χ3v) is 5.44. The molecule has 3 nitrogen and oxygen atoms in total. The number of hydrogen-bond donors (Lipinski definition) is 1. The van der Waals surface area contributed by atoms with E-state index in [1.54, 1.807) is 12.1 Å². The highest BCUT2D eigenvalue weighted by molar-refractivity contribution is 9.10. The van der Waals surface area contributed by atoms with Gasteiger partial charge >= 0.3 is 0 Å². The maximum Gasteiger partial charge on any atom is 0.256 e. The van der Waals surface area contributed by atoms with Crippen LogP contribution in [0, 0.1) is 18.3 Å². The third-order valence-electron chi connectivity index (χ3n) is 3.80. The monoisotopic (exact) mass is 422 g/mol. The molecule has 0 bridgehead atoms. The molecular weight excluding hydrogens is 408 g/mol. The number of aryl methyl sites for hydroxylation is 1. The Hall–Kier alpha value is -2.55. The Balaban J connectivity index is 1.89. The fourth-order valence-electron chi connectivity index (χ4n) is 2.47. The summed E-state index contributed by atoms with van der Waals surface area (Å²) in [7, 11) is 0. The summed E-state index contributed by atoms with van der Waals surface area (Å²) in [6.07, 6.45) is 0. The molecular formula is C21H15BrN2OS. The van der Waals surface area contributed by atoms with Gasteiger partial charge in [0.05, 0.1) is 11.1 Å². The molecule has 1 amide bonds. The van der Waals surface area contributed by atoms with Crippen LogP contribution in [-0.2, 0) is 0 Å². The predicted molar refractivity (Wildman–Crippen MR) is 109 cm³/mol. The highest BCUT2D eigenvalue weighted by atomic mass is 79.9. The molecule has 0 aliphatic rings. The van der Waals surface area contributed by atoms with Crippen molar-refractivity contribution in [3.05, 3.63) is 87.9 Å². The highest BCUT2D eigenvalue weighted by Gasteiger charge is 2.14. The van der Waals surface area contributed by atoms with E-state index in [1.807, 2.05) is 61.5 Å². The number of halogens is 1. The molecule has 5 heteroatoms. The largest absolute Gasteiger partial charge is 0.322 e. The Kier molecular flexibility index (Phi) is 5.77. The van der Waals surface area contributed by atoms with Gasteiger partial charge < -0.3 is 5.32 Å². The summed E-state index contributed by atoms with van der Waals surface area (Å²) < 4.78 is 0.970. The van der Waals surface area contributed by atoms with Crippen LogP contribution in [-0.4, -0.2) is 5.91 Å². The van der Waals surface area contributed by atoms with E-state index >= 15 is 0 Å². The molecule has 26 heavy (non-hydrogen) atoms. The second-order valence-corrected chi connectivity index (χ2v) is 7.62. The lowest BCUT2D eigenvalue weighted by atomic mass is 10.1. The van der Waals surface area contributed by atoms with Gasteiger partial charge in [-0.05, 0) is 55.0 Å². The van der Waals surface area contributed by atoms with Crippen molar-refractivity contribution in [2.75, 3.05) is 5.32 Å². The molecule has 0 aromatic heterocycles. The van der Waals surface area contributed by atoms with E-state index in [0.29, 0.717) is 11.1 Å². The van der Waals surface area contributed by atoms with Gasteiger partial charge in [0, 0.05) is 20.0 Å². The van der Waals surface area contributed by atoms with Gasteiger partial charge in [0.1, 0.15) is 6.07 Å². The zero-order valence-corrected chi connectivity index (χ0v) is 16.4. The van der Waals surface area contributed by atoms with Crippen molar-refractivity contribution in [3.63, 3.8) is 0 Å². The Morgan fingerprint density at radius 1 is 1.04 bits per heavy atom. The quantitative estimate of drug-likeness (QED) is 0.557. The van der Waals surface area contributed by atoms with Gasteiger partial charge in [-0.15, -0.1) is 0 Å². The van der Waals surface area contributed by atoms with Gasteiger partial charge in [0.2, 0.25) is 0 Å². The van der Waals surface area contributed by atoms with E-state index in [2.05, 4.69) is 27.3 Å². The fraction of sp³-hybridized carbons (Fsp3) is 0.0476. The first-order valence-electron chi connectivity index (χ1n) is 7.92. The SMILES string of the molecule is Cc1cc(Br)ccc1NC(=O)c1ccccc1Sc1ccccc1C#N. The minimum atomic E-state index is -0.173. The van der Waals surface area contributed by atoms with Crippen molar-refractivity contribution in [1.29, 1.82) is 5.26 Å². The van der Waals surface area contributed by atoms with E-state index in [1.165, 1.54) is 11.8 Å². The lowest BCUT2D eigenvalue weighted by Gasteiger charge is -2.12. The summed E-state index contributed by atoms with van der Waals surface area (Å²) in [6.45, 7) is 1.95. The number of rotatable bonds is 4. The molecule has 3 rings (SSSR count). The predicted octanol–water partition coefficient (Wildman–Crippen LogP) is 6.03. The molecule has 3 aromatic carbocycles. The Morgan fingerprint density at radius 3 is 2.46 bits per heavy atom. The van der Waals surface area contributed by atoms with Crippen LogP contribution in [0.2, 0.25) is 0 Å². The molecule has 128 valence electrons. The van der Waals surface area contributed by atoms with Crippen LogP contribution < -0.4 is 5.32 Å². The molecule has 0 fully saturated rings. The second kappa shape index (κ2) is 8.22. The van der Waals surface area contributed by atoms with Crippen molar-refractivity contribution >= 4 is 39.3 Å². The van der Waals surface area contributed by atoms with Crippen LogP contribution in [0.1, 0.15) is 21.5 Å². The Bertz CT molecular complexity index is 1010. The Morgan fingerprint density at radius 2 is 1.73 bits per heavy atom. The Labute approximate surface area is 165 Å². The highest BCUT2D eigenvalue weighted by Crippen LogP contribution is 2.33. The van der Waals surface area contributed by atoms with Crippen LogP contribution >= 0.6 is 27.7 Å². The maximum absolute atomic E-state index is 12.8. The van der Waals surface area contributed by atoms with E-state index in [0.717, 1.165) is 25.5 Å². The average molecular weight is 423 g/mol. The third kappa shape index (κ3) is 4.16. The normalized spacial score (nSPS) is 10.2.